The van der Waals surface area contributed by atoms with Gasteiger partial charge in [-0.05, 0) is 73.3 Å². The third-order valence-corrected chi connectivity index (χ3v) is 9.70. The van der Waals surface area contributed by atoms with Crippen molar-refractivity contribution in [2.75, 3.05) is 0 Å². The van der Waals surface area contributed by atoms with E-state index in [0.717, 1.165) is 24.7 Å². The largest absolute Gasteiger partial charge is 0.360 e. The molecule has 2 aromatic rings. The molecular formula is C29H35NO2. The van der Waals surface area contributed by atoms with Gasteiger partial charge in [-0.2, -0.15) is 0 Å². The third-order valence-electron chi connectivity index (χ3n) is 9.70. The lowest BCUT2D eigenvalue weighted by Crippen LogP contribution is -2.76. The fourth-order valence-electron chi connectivity index (χ4n) is 7.68. The molecule has 2 aromatic carbocycles. The molecule has 0 radical (unpaired) electrons. The summed E-state index contributed by atoms with van der Waals surface area (Å²) < 4.78 is 6.77. The molecule has 0 spiro atoms. The van der Waals surface area contributed by atoms with Crippen molar-refractivity contribution in [1.29, 1.82) is 0 Å². The van der Waals surface area contributed by atoms with Gasteiger partial charge in [-0.25, -0.2) is 0 Å². The molecule has 4 aliphatic rings. The third kappa shape index (κ3) is 2.86. The number of likely N-dealkylation sites (tertiary alicyclic amines) is 1. The Labute approximate surface area is 192 Å². The molecule has 2 saturated heterocycles. The van der Waals surface area contributed by atoms with Crippen LogP contribution >= 0.6 is 0 Å². The van der Waals surface area contributed by atoms with Crippen molar-refractivity contribution < 1.29 is 9.53 Å². The second-order valence-electron chi connectivity index (χ2n) is 11.6. The Morgan fingerprint density at radius 1 is 0.969 bits per heavy atom. The van der Waals surface area contributed by atoms with Crippen LogP contribution in [0.3, 0.4) is 0 Å². The van der Waals surface area contributed by atoms with Crippen molar-refractivity contribution in [3.63, 3.8) is 0 Å². The van der Waals surface area contributed by atoms with Gasteiger partial charge < -0.3 is 9.64 Å². The van der Waals surface area contributed by atoms with Crippen molar-refractivity contribution >= 4 is 5.91 Å². The summed E-state index contributed by atoms with van der Waals surface area (Å²) in [5.41, 5.74) is 2.82. The molecule has 32 heavy (non-hydrogen) atoms. The highest BCUT2D eigenvalue weighted by Crippen LogP contribution is 2.70. The first-order valence-electron chi connectivity index (χ1n) is 12.4. The van der Waals surface area contributed by atoms with Crippen molar-refractivity contribution in [2.45, 2.75) is 70.7 Å². The van der Waals surface area contributed by atoms with Gasteiger partial charge in [0, 0.05) is 0 Å². The summed E-state index contributed by atoms with van der Waals surface area (Å²) in [7, 11) is 0. The molecular weight excluding hydrogens is 394 g/mol. The van der Waals surface area contributed by atoms with Gasteiger partial charge in [0.1, 0.15) is 0 Å². The molecule has 3 heteroatoms. The summed E-state index contributed by atoms with van der Waals surface area (Å²) >= 11 is 0. The molecule has 0 aromatic heterocycles. The van der Waals surface area contributed by atoms with E-state index in [9.17, 15) is 4.79 Å². The molecule has 0 N–H and O–H groups in total. The molecule has 8 atom stereocenters. The average molecular weight is 430 g/mol. The zero-order valence-corrected chi connectivity index (χ0v) is 19.7. The van der Waals surface area contributed by atoms with Crippen LogP contribution in [0.2, 0.25) is 0 Å². The van der Waals surface area contributed by atoms with Gasteiger partial charge in [0.05, 0.1) is 17.7 Å². The fraction of sp³-hybridized carbons (Fsp3) is 0.552. The lowest BCUT2D eigenvalue weighted by atomic mass is 9.61. The number of hydrogen-bond donors (Lipinski definition) is 0. The summed E-state index contributed by atoms with van der Waals surface area (Å²) in [5, 5.41) is 0. The molecule has 4 fully saturated rings. The van der Waals surface area contributed by atoms with Gasteiger partial charge in [0.25, 0.3) is 5.91 Å². The van der Waals surface area contributed by atoms with Gasteiger partial charge in [0.2, 0.25) is 0 Å². The maximum atomic E-state index is 13.4. The van der Waals surface area contributed by atoms with Crippen molar-refractivity contribution in [1.82, 2.24) is 4.90 Å². The van der Waals surface area contributed by atoms with Gasteiger partial charge in [-0.15, -0.1) is 0 Å². The number of β-lactam (4-membered cyclic amide) rings is 1. The van der Waals surface area contributed by atoms with Gasteiger partial charge in [-0.1, -0.05) is 74.5 Å². The Bertz CT molecular complexity index is 1020. The highest BCUT2D eigenvalue weighted by atomic mass is 16.5. The first-order valence-corrected chi connectivity index (χ1v) is 12.4. The van der Waals surface area contributed by atoms with Crippen LogP contribution < -0.4 is 0 Å². The smallest absolute Gasteiger partial charge is 0.254 e. The van der Waals surface area contributed by atoms with E-state index in [4.69, 9.17) is 4.74 Å². The highest BCUT2D eigenvalue weighted by Gasteiger charge is 2.70. The summed E-state index contributed by atoms with van der Waals surface area (Å²) in [5.74, 6) is 2.65. The number of rotatable bonds is 4. The first kappa shape index (κ1) is 20.5. The standard InChI is InChI=1S/C29H35NO2/c1-18(20-13-9-6-10-14-20)30-25-21(15-19-11-7-5-8-12-19)22-16-23-24(28(23,2)3)17-29(22,4)32-26(25)27(30)31/h5-14,18,21-26H,15-17H2,1-4H3/t18-,21+,22-,23-,24+,25-,26+,29-/m1/s1. The predicted octanol–water partition coefficient (Wildman–Crippen LogP) is 5.66. The Morgan fingerprint density at radius 3 is 2.31 bits per heavy atom. The summed E-state index contributed by atoms with van der Waals surface area (Å²) in [6, 6.07) is 21.6. The summed E-state index contributed by atoms with van der Waals surface area (Å²) in [4.78, 5) is 15.6. The van der Waals surface area contributed by atoms with Gasteiger partial charge >= 0.3 is 0 Å². The molecule has 2 aliphatic heterocycles. The number of hydrogen-bond acceptors (Lipinski definition) is 2. The Morgan fingerprint density at radius 2 is 1.62 bits per heavy atom. The molecule has 0 unspecified atom stereocenters. The Kier molecular flexibility index (Phi) is 4.44. The minimum absolute atomic E-state index is 0.0740. The van der Waals surface area contributed by atoms with Crippen LogP contribution in [0.15, 0.2) is 60.7 Å². The van der Waals surface area contributed by atoms with Gasteiger partial charge in [0.15, 0.2) is 6.10 Å². The quantitative estimate of drug-likeness (QED) is 0.587. The van der Waals surface area contributed by atoms with E-state index < -0.39 is 0 Å². The van der Waals surface area contributed by atoms with E-state index >= 15 is 0 Å². The number of carbonyl (C=O) groups is 1. The van der Waals surface area contributed by atoms with E-state index in [-0.39, 0.29) is 29.7 Å². The number of fused-ring (bicyclic) bond motifs is 3. The van der Waals surface area contributed by atoms with Crippen molar-refractivity contribution in [3.8, 4) is 0 Å². The maximum absolute atomic E-state index is 13.4. The Hall–Kier alpha value is -2.13. The lowest BCUT2D eigenvalue weighted by Gasteiger charge is -2.63. The highest BCUT2D eigenvalue weighted by molar-refractivity contribution is 5.89. The van der Waals surface area contributed by atoms with Crippen LogP contribution in [0.5, 0.6) is 0 Å². The topological polar surface area (TPSA) is 29.5 Å². The van der Waals surface area contributed by atoms with Crippen LogP contribution in [0.4, 0.5) is 0 Å². The minimum Gasteiger partial charge on any atom is -0.360 e. The average Bonchev–Trinajstić information content (AvgIpc) is 3.32. The maximum Gasteiger partial charge on any atom is 0.254 e. The van der Waals surface area contributed by atoms with E-state index in [1.54, 1.807) is 0 Å². The predicted molar refractivity (Wildman–Crippen MR) is 126 cm³/mol. The van der Waals surface area contributed by atoms with E-state index in [2.05, 4.69) is 87.2 Å². The normalized spacial score (nSPS) is 39.9. The summed E-state index contributed by atoms with van der Waals surface area (Å²) in [6.07, 6.45) is 3.08. The number of nitrogens with zero attached hydrogens (tertiary/aromatic N) is 1. The minimum atomic E-state index is -0.283. The van der Waals surface area contributed by atoms with E-state index in [0.29, 0.717) is 17.3 Å². The number of amides is 1. The van der Waals surface area contributed by atoms with Crippen LogP contribution in [0, 0.1) is 29.1 Å². The monoisotopic (exact) mass is 429 g/mol. The van der Waals surface area contributed by atoms with Crippen LogP contribution in [0.1, 0.15) is 57.7 Å². The SMILES string of the molecule is C[C@H](c1ccccc1)N1C(=O)[C@H]2O[C@]3(C)C[C@H]4[C@@H](C[C@@H]3[C@H](Cc3ccccc3)[C@H]21)C4(C)C. The molecule has 168 valence electrons. The van der Waals surface area contributed by atoms with Crippen molar-refractivity contribution in [3.05, 3.63) is 71.8 Å². The second kappa shape index (κ2) is 6.93. The number of ether oxygens (including phenoxy) is 1. The number of benzene rings is 2. The van der Waals surface area contributed by atoms with Gasteiger partial charge in [-0.3, -0.25) is 4.79 Å². The first-order chi connectivity index (χ1) is 15.3. The molecule has 2 aliphatic carbocycles. The molecule has 2 heterocycles. The molecule has 1 amide bonds. The number of carbonyl (C=O) groups excluding carboxylic acids is 1. The second-order valence-corrected chi connectivity index (χ2v) is 11.6. The Balaban J connectivity index is 1.37. The van der Waals surface area contributed by atoms with Crippen LogP contribution in [0.25, 0.3) is 0 Å². The summed E-state index contributed by atoms with van der Waals surface area (Å²) in [6.45, 7) is 9.35. The lowest BCUT2D eigenvalue weighted by molar-refractivity contribution is -0.260. The van der Waals surface area contributed by atoms with E-state index in [1.807, 2.05) is 6.07 Å². The molecule has 3 nitrogen and oxygen atoms in total. The zero-order chi connectivity index (χ0) is 22.3. The van der Waals surface area contributed by atoms with Crippen molar-refractivity contribution in [2.24, 2.45) is 29.1 Å². The molecule has 0 bridgehead atoms. The zero-order valence-electron chi connectivity index (χ0n) is 19.7. The molecule has 6 rings (SSSR count). The van der Waals surface area contributed by atoms with Crippen LogP contribution in [-0.2, 0) is 16.0 Å². The molecule has 2 saturated carbocycles. The van der Waals surface area contributed by atoms with E-state index in [1.165, 1.54) is 17.5 Å². The van der Waals surface area contributed by atoms with Crippen LogP contribution in [-0.4, -0.2) is 28.6 Å². The fourth-order valence-corrected chi connectivity index (χ4v) is 7.68.